The molecule has 0 radical (unpaired) electrons. The van der Waals surface area contributed by atoms with Crippen LogP contribution in [0.4, 0.5) is 0 Å². The Kier molecular flexibility index (Phi) is 3.90. The largest absolute Gasteiger partial charge is 0.294 e. The molecule has 3 aliphatic carbocycles. The van der Waals surface area contributed by atoms with Gasteiger partial charge in [-0.2, -0.15) is 0 Å². The molecule has 2 nitrogen and oxygen atoms in total. The summed E-state index contributed by atoms with van der Waals surface area (Å²) in [5.74, 6) is 1.06. The van der Waals surface area contributed by atoms with Crippen LogP contribution in [0.25, 0.3) is 23.5 Å². The van der Waals surface area contributed by atoms with Gasteiger partial charge in [-0.3, -0.25) is 4.57 Å². The van der Waals surface area contributed by atoms with Crippen molar-refractivity contribution >= 4 is 17.7 Å². The highest BCUT2D eigenvalue weighted by Gasteiger charge is 2.28. The van der Waals surface area contributed by atoms with Crippen molar-refractivity contribution in [2.45, 2.75) is 38.5 Å². The minimum absolute atomic E-state index is 1.03. The van der Waals surface area contributed by atoms with Crippen LogP contribution in [0.5, 0.6) is 0 Å². The van der Waals surface area contributed by atoms with E-state index >= 15 is 0 Å². The maximum Gasteiger partial charge on any atom is 0.137 e. The quantitative estimate of drug-likeness (QED) is 0.523. The van der Waals surface area contributed by atoms with Crippen molar-refractivity contribution in [3.05, 3.63) is 100 Å². The van der Waals surface area contributed by atoms with Crippen LogP contribution < -0.4 is 0 Å². The van der Waals surface area contributed by atoms with Crippen LogP contribution in [0.15, 0.2) is 60.7 Å². The van der Waals surface area contributed by atoms with Gasteiger partial charge < -0.3 is 0 Å². The zero-order valence-electron chi connectivity index (χ0n) is 16.6. The predicted octanol–water partition coefficient (Wildman–Crippen LogP) is 6.17. The Morgan fingerprint density at radius 3 is 2.52 bits per heavy atom. The summed E-state index contributed by atoms with van der Waals surface area (Å²) in [5.41, 5.74) is 10.9. The maximum atomic E-state index is 5.15. The number of allylic oxidation sites excluding steroid dienone is 3. The van der Waals surface area contributed by atoms with Gasteiger partial charge in [0.1, 0.15) is 5.82 Å². The van der Waals surface area contributed by atoms with Gasteiger partial charge in [0, 0.05) is 5.57 Å². The summed E-state index contributed by atoms with van der Waals surface area (Å²) < 4.78 is 2.44. The van der Waals surface area contributed by atoms with Crippen LogP contribution in [0.3, 0.4) is 0 Å². The lowest BCUT2D eigenvalue weighted by Gasteiger charge is -2.20. The van der Waals surface area contributed by atoms with E-state index in [2.05, 4.69) is 77.4 Å². The smallest absolute Gasteiger partial charge is 0.137 e. The molecule has 29 heavy (non-hydrogen) atoms. The molecule has 142 valence electrons. The number of fused-ring (bicyclic) bond motifs is 4. The van der Waals surface area contributed by atoms with E-state index in [0.29, 0.717) is 0 Å². The highest BCUT2D eigenvalue weighted by molar-refractivity contribution is 5.84. The Morgan fingerprint density at radius 1 is 0.759 bits per heavy atom. The molecule has 1 aromatic carbocycles. The zero-order valence-corrected chi connectivity index (χ0v) is 16.6. The average molecular weight is 377 g/mol. The lowest BCUT2D eigenvalue weighted by atomic mass is 9.88. The second-order valence-electron chi connectivity index (χ2n) is 8.14. The molecular formula is C27H24N2. The fourth-order valence-corrected chi connectivity index (χ4v) is 5.09. The van der Waals surface area contributed by atoms with E-state index in [1.807, 2.05) is 0 Å². The zero-order chi connectivity index (χ0) is 19.2. The summed E-state index contributed by atoms with van der Waals surface area (Å²) in [4.78, 5) is 5.15. The first-order chi connectivity index (χ1) is 14.4. The second-order valence-corrected chi connectivity index (χ2v) is 8.14. The molecule has 0 saturated heterocycles. The summed E-state index contributed by atoms with van der Waals surface area (Å²) in [7, 11) is 0. The highest BCUT2D eigenvalue weighted by Crippen LogP contribution is 2.41. The molecule has 0 N–H and O–H groups in total. The molecule has 0 atom stereocenters. The molecule has 2 heterocycles. The molecule has 0 bridgehead atoms. The third-order valence-electron chi connectivity index (χ3n) is 6.41. The van der Waals surface area contributed by atoms with Crippen molar-refractivity contribution < 1.29 is 0 Å². The van der Waals surface area contributed by atoms with E-state index < -0.39 is 0 Å². The van der Waals surface area contributed by atoms with Crippen LogP contribution >= 0.6 is 0 Å². The van der Waals surface area contributed by atoms with Gasteiger partial charge in [0.25, 0.3) is 0 Å². The van der Waals surface area contributed by atoms with Gasteiger partial charge in [-0.15, -0.1) is 0 Å². The molecule has 6 rings (SSSR count). The van der Waals surface area contributed by atoms with Gasteiger partial charge in [0.2, 0.25) is 0 Å². The van der Waals surface area contributed by atoms with Gasteiger partial charge in [-0.25, -0.2) is 4.98 Å². The third kappa shape index (κ3) is 2.66. The molecular weight excluding hydrogens is 352 g/mol. The number of rotatable bonds is 2. The average Bonchev–Trinajstić information content (AvgIpc) is 3.14. The molecule has 3 aliphatic rings. The summed E-state index contributed by atoms with van der Waals surface area (Å²) >= 11 is 0. The van der Waals surface area contributed by atoms with Gasteiger partial charge in [-0.05, 0) is 79.0 Å². The Bertz CT molecular complexity index is 1190. The van der Waals surface area contributed by atoms with Gasteiger partial charge in [0.15, 0.2) is 0 Å². The van der Waals surface area contributed by atoms with Crippen LogP contribution in [0, 0.1) is 0 Å². The first-order valence-corrected chi connectivity index (χ1v) is 10.8. The van der Waals surface area contributed by atoms with Crippen molar-refractivity contribution in [2.24, 2.45) is 0 Å². The topological polar surface area (TPSA) is 17.8 Å². The molecule has 2 aromatic heterocycles. The summed E-state index contributed by atoms with van der Waals surface area (Å²) in [6.07, 6.45) is 18.1. The minimum Gasteiger partial charge on any atom is -0.294 e. The van der Waals surface area contributed by atoms with Gasteiger partial charge in [-0.1, -0.05) is 54.6 Å². The number of aryl methyl sites for hydroxylation is 1. The minimum atomic E-state index is 1.03. The van der Waals surface area contributed by atoms with E-state index in [9.17, 15) is 0 Å². The first-order valence-electron chi connectivity index (χ1n) is 10.8. The van der Waals surface area contributed by atoms with Crippen LogP contribution in [0.1, 0.15) is 58.6 Å². The van der Waals surface area contributed by atoms with E-state index in [-0.39, 0.29) is 0 Å². The number of pyridine rings is 1. The van der Waals surface area contributed by atoms with Crippen molar-refractivity contribution in [3.8, 4) is 5.82 Å². The summed E-state index contributed by atoms with van der Waals surface area (Å²) in [6, 6.07) is 15.3. The Hall–Kier alpha value is -3.13. The molecule has 0 unspecified atom stereocenters. The van der Waals surface area contributed by atoms with E-state index in [1.165, 1.54) is 44.9 Å². The standard InChI is InChI=1S/C27H24N2/c1-2-9-19(10-3-1)21-13-8-14-23-22-12-5-7-16-25(22)29(27(21)23)26-18-17-20-11-4-6-15-24(20)28-26/h1-4,7,9-11,13,16-18H,5-6,8,12,14-15H2. The number of hydrogen-bond acceptors (Lipinski definition) is 1. The second kappa shape index (κ2) is 6.73. The third-order valence-corrected chi connectivity index (χ3v) is 6.41. The van der Waals surface area contributed by atoms with Crippen molar-refractivity contribution in [1.29, 1.82) is 0 Å². The Morgan fingerprint density at radius 2 is 1.59 bits per heavy atom. The van der Waals surface area contributed by atoms with Crippen molar-refractivity contribution in [1.82, 2.24) is 9.55 Å². The van der Waals surface area contributed by atoms with Crippen LogP contribution in [0.2, 0.25) is 0 Å². The Labute approximate surface area is 171 Å². The van der Waals surface area contributed by atoms with E-state index in [1.54, 1.807) is 0 Å². The first kappa shape index (κ1) is 16.8. The number of hydrogen-bond donors (Lipinski definition) is 0. The fourth-order valence-electron chi connectivity index (χ4n) is 5.09. The SMILES string of the molecule is C1=Cc2ccc(-n3c4c(c5c3C(c3ccccc3)=CCC5)CCC=C4)nc2CC1. The fraction of sp³-hybridized carbons (Fsp3) is 0.222. The van der Waals surface area contributed by atoms with Crippen molar-refractivity contribution in [3.63, 3.8) is 0 Å². The Balaban J connectivity index is 1.62. The molecule has 0 saturated carbocycles. The van der Waals surface area contributed by atoms with Gasteiger partial charge >= 0.3 is 0 Å². The molecule has 0 fully saturated rings. The predicted molar refractivity (Wildman–Crippen MR) is 120 cm³/mol. The lowest BCUT2D eigenvalue weighted by molar-refractivity contribution is 0.876. The molecule has 0 spiro atoms. The molecule has 3 aromatic rings. The van der Waals surface area contributed by atoms with E-state index in [4.69, 9.17) is 4.98 Å². The summed E-state index contributed by atoms with van der Waals surface area (Å²) in [5, 5.41) is 0. The molecule has 2 heteroatoms. The van der Waals surface area contributed by atoms with Gasteiger partial charge in [0.05, 0.1) is 17.1 Å². The molecule has 0 aliphatic heterocycles. The van der Waals surface area contributed by atoms with Crippen LogP contribution in [-0.2, 0) is 19.3 Å². The number of nitrogens with zero attached hydrogens (tertiary/aromatic N) is 2. The molecule has 0 amide bonds. The maximum absolute atomic E-state index is 5.15. The highest BCUT2D eigenvalue weighted by atomic mass is 15.1. The monoisotopic (exact) mass is 376 g/mol. The number of aromatic nitrogens is 2. The van der Waals surface area contributed by atoms with E-state index in [0.717, 1.165) is 44.3 Å². The van der Waals surface area contributed by atoms with Crippen LogP contribution in [-0.4, -0.2) is 9.55 Å². The lowest BCUT2D eigenvalue weighted by Crippen LogP contribution is -2.10. The number of benzene rings is 1. The van der Waals surface area contributed by atoms with Crippen molar-refractivity contribution in [2.75, 3.05) is 0 Å². The summed E-state index contributed by atoms with van der Waals surface area (Å²) in [6.45, 7) is 0. The normalized spacial score (nSPS) is 16.8.